The number of rotatable bonds is 3. The van der Waals surface area contributed by atoms with Crippen molar-refractivity contribution in [3.05, 3.63) is 40.8 Å². The number of aromatic amines is 1. The molecule has 1 saturated heterocycles. The Kier molecular flexibility index (Phi) is 3.95. The topological polar surface area (TPSA) is 83.0 Å². The van der Waals surface area contributed by atoms with Gasteiger partial charge in [0.05, 0.1) is 17.8 Å². The van der Waals surface area contributed by atoms with Crippen LogP contribution in [0.5, 0.6) is 0 Å². The largest absolute Gasteiger partial charge is 0.481 e. The molecule has 1 fully saturated rings. The number of carboxylic acid groups (broad SMARTS) is 1. The number of halogens is 1. The number of aromatic nitrogens is 2. The van der Waals surface area contributed by atoms with Crippen molar-refractivity contribution in [3.8, 4) is 11.3 Å². The summed E-state index contributed by atoms with van der Waals surface area (Å²) in [6.07, 6.45) is 1.69. The average molecular weight is 369 g/mol. The summed E-state index contributed by atoms with van der Waals surface area (Å²) in [5, 5.41) is 9.24. The van der Waals surface area contributed by atoms with Crippen molar-refractivity contribution >= 4 is 32.7 Å². The van der Waals surface area contributed by atoms with Gasteiger partial charge in [0, 0.05) is 32.7 Å². The summed E-state index contributed by atoms with van der Waals surface area (Å²) >= 11 is 3.38. The third-order valence-electron chi connectivity index (χ3n) is 3.64. The molecule has 2 heterocycles. The molecule has 0 saturated carbocycles. The van der Waals surface area contributed by atoms with Crippen LogP contribution in [0.1, 0.15) is 11.7 Å². The van der Waals surface area contributed by atoms with Gasteiger partial charge in [0.25, 0.3) is 0 Å². The van der Waals surface area contributed by atoms with Crippen LogP contribution in [-0.2, 0) is 15.6 Å². The Hall–Kier alpha value is -1.47. The Morgan fingerprint density at radius 3 is 2.71 bits per heavy atom. The predicted octanol–water partition coefficient (Wildman–Crippen LogP) is 2.39. The fourth-order valence-corrected chi connectivity index (χ4v) is 4.48. The van der Waals surface area contributed by atoms with Crippen molar-refractivity contribution in [2.75, 3.05) is 11.5 Å². The first-order chi connectivity index (χ1) is 10.0. The fraction of sp³-hybridized carbons (Fsp3) is 0.286. The maximum absolute atomic E-state index is 11.7. The van der Waals surface area contributed by atoms with E-state index >= 15 is 0 Å². The molecule has 0 amide bonds. The molecule has 110 valence electrons. The average Bonchev–Trinajstić information content (AvgIpc) is 3.06. The van der Waals surface area contributed by atoms with Crippen molar-refractivity contribution in [1.82, 2.24) is 9.97 Å². The second-order valence-electron chi connectivity index (χ2n) is 5.01. The van der Waals surface area contributed by atoms with Crippen LogP contribution in [0.2, 0.25) is 0 Å². The summed E-state index contributed by atoms with van der Waals surface area (Å²) in [7, 11) is -1.09. The summed E-state index contributed by atoms with van der Waals surface area (Å²) in [6.45, 7) is 0. The summed E-state index contributed by atoms with van der Waals surface area (Å²) in [4.78, 5) is 18.7. The zero-order chi connectivity index (χ0) is 15.0. The van der Waals surface area contributed by atoms with Crippen molar-refractivity contribution < 1.29 is 14.1 Å². The number of benzene rings is 1. The van der Waals surface area contributed by atoms with Crippen molar-refractivity contribution in [2.24, 2.45) is 5.92 Å². The molecule has 1 aliphatic heterocycles. The van der Waals surface area contributed by atoms with Gasteiger partial charge in [0.15, 0.2) is 0 Å². The molecule has 2 aromatic rings. The van der Waals surface area contributed by atoms with E-state index in [0.29, 0.717) is 11.6 Å². The highest BCUT2D eigenvalue weighted by Gasteiger charge is 2.39. The Labute approximate surface area is 132 Å². The second-order valence-corrected chi connectivity index (χ2v) is 7.48. The molecule has 1 aromatic carbocycles. The Morgan fingerprint density at radius 1 is 1.33 bits per heavy atom. The van der Waals surface area contributed by atoms with Gasteiger partial charge in [-0.05, 0) is 17.7 Å². The standard InChI is InChI=1S/C14H13BrN2O3S/c15-9-3-1-8(2-4-9)12-5-16-13(17-12)10-6-21(20)7-11(10)14(18)19/h1-5,10-11H,6-7H2,(H,16,17)(H,18,19)/t10-,11-,21?/m1/s1. The maximum atomic E-state index is 11.7. The maximum Gasteiger partial charge on any atom is 0.308 e. The molecule has 0 bridgehead atoms. The Balaban J connectivity index is 1.89. The van der Waals surface area contributed by atoms with Crippen LogP contribution >= 0.6 is 15.9 Å². The van der Waals surface area contributed by atoms with Crippen molar-refractivity contribution in [3.63, 3.8) is 0 Å². The molecule has 0 radical (unpaired) electrons. The molecule has 5 nitrogen and oxygen atoms in total. The van der Waals surface area contributed by atoms with Crippen LogP contribution in [0.3, 0.4) is 0 Å². The predicted molar refractivity (Wildman–Crippen MR) is 83.5 cm³/mol. The van der Waals surface area contributed by atoms with Gasteiger partial charge in [-0.1, -0.05) is 28.1 Å². The lowest BCUT2D eigenvalue weighted by molar-refractivity contribution is -0.141. The first kappa shape index (κ1) is 14.5. The van der Waals surface area contributed by atoms with E-state index in [2.05, 4.69) is 25.9 Å². The van der Waals surface area contributed by atoms with Gasteiger partial charge in [0.2, 0.25) is 0 Å². The van der Waals surface area contributed by atoms with Gasteiger partial charge in [-0.2, -0.15) is 0 Å². The number of hydrogen-bond acceptors (Lipinski definition) is 3. The number of imidazole rings is 1. The van der Waals surface area contributed by atoms with Gasteiger partial charge in [-0.25, -0.2) is 4.98 Å². The normalized spacial score (nSPS) is 25.1. The summed E-state index contributed by atoms with van der Waals surface area (Å²) in [6, 6.07) is 7.76. The van der Waals surface area contributed by atoms with Crippen LogP contribution in [0, 0.1) is 5.92 Å². The highest BCUT2D eigenvalue weighted by molar-refractivity contribution is 9.10. The van der Waals surface area contributed by atoms with Crippen LogP contribution < -0.4 is 0 Å². The van der Waals surface area contributed by atoms with Gasteiger partial charge in [0.1, 0.15) is 5.82 Å². The molecule has 3 rings (SSSR count). The number of hydrogen-bond donors (Lipinski definition) is 2. The fourth-order valence-electron chi connectivity index (χ4n) is 2.51. The Bertz CT molecular complexity index is 698. The molecule has 0 spiro atoms. The van der Waals surface area contributed by atoms with Gasteiger partial charge < -0.3 is 10.1 Å². The molecule has 1 aromatic heterocycles. The number of carboxylic acids is 1. The Morgan fingerprint density at radius 2 is 2.05 bits per heavy atom. The van der Waals surface area contributed by atoms with Crippen LogP contribution in [0.15, 0.2) is 34.9 Å². The highest BCUT2D eigenvalue weighted by Crippen LogP contribution is 2.32. The molecular formula is C14H13BrN2O3S. The van der Waals surface area contributed by atoms with Gasteiger partial charge >= 0.3 is 5.97 Å². The van der Waals surface area contributed by atoms with E-state index in [1.807, 2.05) is 24.3 Å². The van der Waals surface area contributed by atoms with E-state index in [0.717, 1.165) is 15.7 Å². The van der Waals surface area contributed by atoms with Crippen molar-refractivity contribution in [1.29, 1.82) is 0 Å². The van der Waals surface area contributed by atoms with E-state index in [4.69, 9.17) is 0 Å². The molecule has 7 heteroatoms. The molecule has 0 aliphatic carbocycles. The minimum absolute atomic E-state index is 0.203. The van der Waals surface area contributed by atoms with Crippen LogP contribution in [0.4, 0.5) is 0 Å². The van der Waals surface area contributed by atoms with Crippen LogP contribution in [0.25, 0.3) is 11.3 Å². The summed E-state index contributed by atoms with van der Waals surface area (Å²) in [5.74, 6) is -0.695. The van der Waals surface area contributed by atoms with Crippen LogP contribution in [-0.4, -0.2) is 36.8 Å². The zero-order valence-electron chi connectivity index (χ0n) is 11.0. The monoisotopic (exact) mass is 368 g/mol. The molecule has 2 N–H and O–H groups in total. The summed E-state index contributed by atoms with van der Waals surface area (Å²) < 4.78 is 12.6. The number of nitrogens with zero attached hydrogens (tertiary/aromatic N) is 1. The number of carbonyl (C=O) groups is 1. The molecular weight excluding hydrogens is 356 g/mol. The number of H-pyrrole nitrogens is 1. The lowest BCUT2D eigenvalue weighted by Crippen LogP contribution is -2.21. The molecule has 3 atom stereocenters. The minimum Gasteiger partial charge on any atom is -0.481 e. The van der Waals surface area contributed by atoms with E-state index < -0.39 is 22.7 Å². The number of nitrogens with one attached hydrogen (secondary N) is 1. The van der Waals surface area contributed by atoms with Gasteiger partial charge in [-0.15, -0.1) is 0 Å². The van der Waals surface area contributed by atoms with E-state index in [1.54, 1.807) is 6.20 Å². The minimum atomic E-state index is -1.09. The summed E-state index contributed by atoms with van der Waals surface area (Å²) in [5.41, 5.74) is 1.81. The third-order valence-corrected chi connectivity index (χ3v) is 5.63. The van der Waals surface area contributed by atoms with Crippen molar-refractivity contribution in [2.45, 2.75) is 5.92 Å². The first-order valence-electron chi connectivity index (χ1n) is 6.43. The van der Waals surface area contributed by atoms with E-state index in [9.17, 15) is 14.1 Å². The molecule has 1 aliphatic rings. The van der Waals surface area contributed by atoms with E-state index in [1.165, 1.54) is 0 Å². The smallest absolute Gasteiger partial charge is 0.308 e. The van der Waals surface area contributed by atoms with E-state index in [-0.39, 0.29) is 11.7 Å². The quantitative estimate of drug-likeness (QED) is 0.870. The number of aliphatic carboxylic acids is 1. The lowest BCUT2D eigenvalue weighted by atomic mass is 9.96. The third kappa shape index (κ3) is 2.94. The zero-order valence-corrected chi connectivity index (χ0v) is 13.4. The first-order valence-corrected chi connectivity index (χ1v) is 8.71. The molecule has 21 heavy (non-hydrogen) atoms. The second kappa shape index (κ2) is 5.73. The SMILES string of the molecule is O=C(O)[C@@H]1CS(=O)C[C@H]1c1ncc(-c2ccc(Br)cc2)[nH]1. The lowest BCUT2D eigenvalue weighted by Gasteiger charge is -2.11. The highest BCUT2D eigenvalue weighted by atomic mass is 79.9. The van der Waals surface area contributed by atoms with Gasteiger partial charge in [-0.3, -0.25) is 9.00 Å². The molecule has 1 unspecified atom stereocenters.